The molecular formula is C14H21NO. The van der Waals surface area contributed by atoms with Gasteiger partial charge < -0.3 is 4.74 Å². The highest BCUT2D eigenvalue weighted by molar-refractivity contribution is 5.52. The predicted molar refractivity (Wildman–Crippen MR) is 69.2 cm³/mol. The molecule has 0 heterocycles. The second kappa shape index (κ2) is 7.20. The van der Waals surface area contributed by atoms with Crippen LogP contribution in [0.15, 0.2) is 30.8 Å². The van der Waals surface area contributed by atoms with Crippen LogP contribution < -0.4 is 5.32 Å². The summed E-state index contributed by atoms with van der Waals surface area (Å²) in [5.41, 5.74) is 2.29. The lowest BCUT2D eigenvalue weighted by atomic mass is 10.1. The highest BCUT2D eigenvalue weighted by atomic mass is 16.5. The van der Waals surface area contributed by atoms with Gasteiger partial charge in [0.05, 0.1) is 0 Å². The summed E-state index contributed by atoms with van der Waals surface area (Å²) in [5, 5.41) is 3.39. The monoisotopic (exact) mass is 219 g/mol. The average Bonchev–Trinajstić information content (AvgIpc) is 2.34. The largest absolute Gasteiger partial charge is 0.359 e. The maximum absolute atomic E-state index is 5.71. The first-order valence-electron chi connectivity index (χ1n) is 5.89. The summed E-state index contributed by atoms with van der Waals surface area (Å²) in [4.78, 5) is 0. The Morgan fingerprint density at radius 1 is 1.38 bits per heavy atom. The fourth-order valence-electron chi connectivity index (χ4n) is 1.64. The molecule has 2 heteroatoms. The minimum absolute atomic E-state index is 0.0286. The van der Waals surface area contributed by atoms with Crippen molar-refractivity contribution in [2.45, 2.75) is 26.5 Å². The fourth-order valence-corrected chi connectivity index (χ4v) is 1.64. The lowest BCUT2D eigenvalue weighted by molar-refractivity contribution is 0.0373. The van der Waals surface area contributed by atoms with E-state index in [0.717, 1.165) is 24.1 Å². The van der Waals surface area contributed by atoms with Crippen LogP contribution in [0.4, 0.5) is 0 Å². The number of nitrogens with one attached hydrogen (secondary N) is 1. The molecule has 0 aliphatic heterocycles. The van der Waals surface area contributed by atoms with Crippen molar-refractivity contribution < 1.29 is 4.74 Å². The Bertz CT molecular complexity index is 322. The Labute approximate surface area is 98.3 Å². The molecular weight excluding hydrogens is 198 g/mol. The lowest BCUT2D eigenvalue weighted by Crippen LogP contribution is -2.25. The Morgan fingerprint density at radius 3 is 2.75 bits per heavy atom. The Kier molecular flexibility index (Phi) is 5.83. The van der Waals surface area contributed by atoms with Crippen LogP contribution in [0.1, 0.15) is 37.6 Å². The molecule has 1 atom stereocenters. The number of hydrogen-bond acceptors (Lipinski definition) is 2. The first-order valence-corrected chi connectivity index (χ1v) is 5.89. The van der Waals surface area contributed by atoms with E-state index in [9.17, 15) is 0 Å². The second-order valence-corrected chi connectivity index (χ2v) is 3.62. The Morgan fingerprint density at radius 2 is 2.12 bits per heavy atom. The molecule has 1 rings (SSSR count). The SMILES string of the molecule is C=Cc1ccccc1C(NCCC)OCC. The van der Waals surface area contributed by atoms with E-state index in [0.29, 0.717) is 6.61 Å². The fraction of sp³-hybridized carbons (Fsp3) is 0.429. The van der Waals surface area contributed by atoms with E-state index in [2.05, 4.69) is 31.0 Å². The molecule has 0 saturated carbocycles. The van der Waals surface area contributed by atoms with Crippen LogP contribution in [0, 0.1) is 0 Å². The third-order valence-electron chi connectivity index (χ3n) is 2.41. The van der Waals surface area contributed by atoms with Crippen LogP contribution in [0.3, 0.4) is 0 Å². The summed E-state index contributed by atoms with van der Waals surface area (Å²) in [6.45, 7) is 9.65. The molecule has 16 heavy (non-hydrogen) atoms. The van der Waals surface area contributed by atoms with Crippen LogP contribution >= 0.6 is 0 Å². The van der Waals surface area contributed by atoms with Gasteiger partial charge in [0.15, 0.2) is 0 Å². The minimum Gasteiger partial charge on any atom is -0.359 e. The summed E-state index contributed by atoms with van der Waals surface area (Å²) in [6.07, 6.45) is 2.94. The van der Waals surface area contributed by atoms with E-state index in [1.54, 1.807) is 0 Å². The zero-order chi connectivity index (χ0) is 11.8. The van der Waals surface area contributed by atoms with Gasteiger partial charge in [-0.15, -0.1) is 0 Å². The summed E-state index contributed by atoms with van der Waals surface area (Å²) in [6, 6.07) is 8.19. The van der Waals surface area contributed by atoms with Gasteiger partial charge in [0, 0.05) is 12.2 Å². The molecule has 0 spiro atoms. The van der Waals surface area contributed by atoms with Crippen LogP contribution in [-0.2, 0) is 4.74 Å². The van der Waals surface area contributed by atoms with Crippen molar-refractivity contribution in [2.24, 2.45) is 0 Å². The molecule has 0 aliphatic rings. The lowest BCUT2D eigenvalue weighted by Gasteiger charge is -2.20. The quantitative estimate of drug-likeness (QED) is 0.710. The number of benzene rings is 1. The first kappa shape index (κ1) is 12.9. The maximum atomic E-state index is 5.71. The molecule has 0 radical (unpaired) electrons. The van der Waals surface area contributed by atoms with Gasteiger partial charge in [0.1, 0.15) is 6.23 Å². The van der Waals surface area contributed by atoms with E-state index in [-0.39, 0.29) is 6.23 Å². The van der Waals surface area contributed by atoms with Gasteiger partial charge >= 0.3 is 0 Å². The number of ether oxygens (including phenoxy) is 1. The van der Waals surface area contributed by atoms with Gasteiger partial charge in [-0.3, -0.25) is 5.32 Å². The molecule has 1 unspecified atom stereocenters. The molecule has 1 aromatic carbocycles. The molecule has 0 aliphatic carbocycles. The standard InChI is InChI=1S/C14H21NO/c1-4-11-15-14(16-6-3)13-10-8-7-9-12(13)5-2/h5,7-10,14-15H,2,4,6,11H2,1,3H3. The smallest absolute Gasteiger partial charge is 0.134 e. The Hall–Kier alpha value is -1.12. The molecule has 88 valence electrons. The van der Waals surface area contributed by atoms with E-state index in [1.165, 1.54) is 0 Å². The topological polar surface area (TPSA) is 21.3 Å². The summed E-state index contributed by atoms with van der Waals surface area (Å²) in [5.74, 6) is 0. The van der Waals surface area contributed by atoms with E-state index < -0.39 is 0 Å². The zero-order valence-electron chi connectivity index (χ0n) is 10.2. The zero-order valence-corrected chi connectivity index (χ0v) is 10.2. The number of hydrogen-bond donors (Lipinski definition) is 1. The highest BCUT2D eigenvalue weighted by Gasteiger charge is 2.12. The normalized spacial score (nSPS) is 12.4. The Balaban J connectivity index is 2.85. The van der Waals surface area contributed by atoms with Gasteiger partial charge in [-0.2, -0.15) is 0 Å². The molecule has 1 N–H and O–H groups in total. The van der Waals surface area contributed by atoms with Gasteiger partial charge in [-0.25, -0.2) is 0 Å². The van der Waals surface area contributed by atoms with Gasteiger partial charge in [0.2, 0.25) is 0 Å². The molecule has 0 bridgehead atoms. The summed E-state index contributed by atoms with van der Waals surface area (Å²) in [7, 11) is 0. The third kappa shape index (κ3) is 3.47. The van der Waals surface area contributed by atoms with E-state index in [1.807, 2.05) is 25.1 Å². The van der Waals surface area contributed by atoms with Gasteiger partial charge in [0.25, 0.3) is 0 Å². The maximum Gasteiger partial charge on any atom is 0.134 e. The third-order valence-corrected chi connectivity index (χ3v) is 2.41. The summed E-state index contributed by atoms with van der Waals surface area (Å²) < 4.78 is 5.71. The van der Waals surface area contributed by atoms with Crippen molar-refractivity contribution in [3.05, 3.63) is 42.0 Å². The van der Waals surface area contributed by atoms with Crippen molar-refractivity contribution >= 4 is 6.08 Å². The predicted octanol–water partition coefficient (Wildman–Crippen LogP) is 3.36. The highest BCUT2D eigenvalue weighted by Crippen LogP contribution is 2.20. The second-order valence-electron chi connectivity index (χ2n) is 3.62. The molecule has 1 aromatic rings. The molecule has 0 amide bonds. The minimum atomic E-state index is -0.0286. The number of rotatable bonds is 7. The first-order chi connectivity index (χ1) is 7.83. The van der Waals surface area contributed by atoms with Crippen LogP contribution in [0.5, 0.6) is 0 Å². The van der Waals surface area contributed by atoms with Crippen molar-refractivity contribution in [1.82, 2.24) is 5.32 Å². The summed E-state index contributed by atoms with van der Waals surface area (Å²) >= 11 is 0. The van der Waals surface area contributed by atoms with Crippen molar-refractivity contribution in [3.63, 3.8) is 0 Å². The molecule has 2 nitrogen and oxygen atoms in total. The van der Waals surface area contributed by atoms with Crippen LogP contribution in [-0.4, -0.2) is 13.2 Å². The van der Waals surface area contributed by atoms with Gasteiger partial charge in [-0.1, -0.05) is 43.8 Å². The van der Waals surface area contributed by atoms with E-state index >= 15 is 0 Å². The average molecular weight is 219 g/mol. The van der Waals surface area contributed by atoms with Crippen molar-refractivity contribution in [2.75, 3.05) is 13.2 Å². The molecule has 0 aromatic heterocycles. The van der Waals surface area contributed by atoms with Crippen molar-refractivity contribution in [1.29, 1.82) is 0 Å². The van der Waals surface area contributed by atoms with E-state index in [4.69, 9.17) is 4.74 Å². The van der Waals surface area contributed by atoms with Gasteiger partial charge in [-0.05, 0) is 25.5 Å². The van der Waals surface area contributed by atoms with Crippen molar-refractivity contribution in [3.8, 4) is 0 Å². The molecule has 0 fully saturated rings. The van der Waals surface area contributed by atoms with Crippen LogP contribution in [0.25, 0.3) is 6.08 Å². The molecule has 0 saturated heterocycles. The van der Waals surface area contributed by atoms with Crippen LogP contribution in [0.2, 0.25) is 0 Å².